The largest absolute Gasteiger partial charge is 0.365 e. The Hall–Kier alpha value is -2.12. The molecule has 18 heavy (non-hydrogen) atoms. The van der Waals surface area contributed by atoms with Crippen LogP contribution in [-0.2, 0) is 15.2 Å². The number of hydrogen-bond donors (Lipinski definition) is 2. The number of nitrogens with two attached hydrogens (primary N) is 1. The topological polar surface area (TPSA) is 117 Å². The first-order valence-electron chi connectivity index (χ1n) is 4.82. The molecule has 0 saturated carbocycles. The van der Waals surface area contributed by atoms with E-state index in [0.717, 1.165) is 6.07 Å². The van der Waals surface area contributed by atoms with Crippen molar-refractivity contribution in [2.24, 2.45) is 5.73 Å². The molecule has 0 aliphatic carbocycles. The molecule has 0 aromatic heterocycles. The van der Waals surface area contributed by atoms with E-state index in [1.165, 1.54) is 24.3 Å². The Balaban J connectivity index is 3.03. The molecule has 0 aliphatic heterocycles. The highest BCUT2D eigenvalue weighted by Gasteiger charge is 2.22. The minimum Gasteiger partial charge on any atom is -0.365 e. The Morgan fingerprint density at radius 3 is 2.22 bits per heavy atom. The standard InChI is InChI=1S/C11H8NO5S/c12-11(14)8-5-9(18(15,16)17)6-3-1-2-4-7(6)10(8)13/h1-5H,(H2,12,14)(H,15,16,17). The maximum atomic E-state index is 11.9. The number of fused-ring (bicyclic) bond motifs is 1. The summed E-state index contributed by atoms with van der Waals surface area (Å²) < 4.78 is 31.6. The van der Waals surface area contributed by atoms with Gasteiger partial charge in [-0.15, -0.1) is 0 Å². The Morgan fingerprint density at radius 2 is 1.72 bits per heavy atom. The van der Waals surface area contributed by atoms with Gasteiger partial charge in [0.2, 0.25) is 0 Å². The van der Waals surface area contributed by atoms with Crippen molar-refractivity contribution in [3.63, 3.8) is 0 Å². The molecule has 0 unspecified atom stereocenters. The molecule has 1 amide bonds. The quantitative estimate of drug-likeness (QED) is 0.797. The number of benzene rings is 2. The van der Waals surface area contributed by atoms with Crippen LogP contribution in [0.3, 0.4) is 0 Å². The summed E-state index contributed by atoms with van der Waals surface area (Å²) in [4.78, 5) is 10.6. The fourth-order valence-electron chi connectivity index (χ4n) is 1.71. The molecule has 6 nitrogen and oxygen atoms in total. The Labute approximate surface area is 102 Å². The second kappa shape index (κ2) is 3.97. The van der Waals surface area contributed by atoms with Crippen molar-refractivity contribution in [1.29, 1.82) is 0 Å². The van der Waals surface area contributed by atoms with Crippen molar-refractivity contribution in [3.05, 3.63) is 35.9 Å². The van der Waals surface area contributed by atoms with Gasteiger partial charge >= 0.3 is 0 Å². The van der Waals surface area contributed by atoms with E-state index in [-0.39, 0.29) is 10.8 Å². The number of amides is 1. The van der Waals surface area contributed by atoms with E-state index < -0.39 is 32.2 Å². The molecular weight excluding hydrogens is 258 g/mol. The fraction of sp³-hybridized carbons (Fsp3) is 0. The van der Waals surface area contributed by atoms with E-state index in [9.17, 15) is 18.3 Å². The van der Waals surface area contributed by atoms with Crippen molar-refractivity contribution < 1.29 is 22.9 Å². The van der Waals surface area contributed by atoms with E-state index in [2.05, 4.69) is 0 Å². The zero-order valence-electron chi connectivity index (χ0n) is 8.95. The monoisotopic (exact) mass is 266 g/mol. The van der Waals surface area contributed by atoms with Gasteiger partial charge in [0.25, 0.3) is 16.0 Å². The predicted molar refractivity (Wildman–Crippen MR) is 62.4 cm³/mol. The van der Waals surface area contributed by atoms with Crippen LogP contribution in [0.4, 0.5) is 0 Å². The van der Waals surface area contributed by atoms with E-state index in [4.69, 9.17) is 10.3 Å². The molecule has 0 atom stereocenters. The maximum absolute atomic E-state index is 11.9. The first-order chi connectivity index (χ1) is 8.32. The lowest BCUT2D eigenvalue weighted by Crippen LogP contribution is -2.12. The van der Waals surface area contributed by atoms with Crippen molar-refractivity contribution in [2.75, 3.05) is 0 Å². The predicted octanol–water partition coefficient (Wildman–Crippen LogP) is 1.33. The van der Waals surface area contributed by atoms with Gasteiger partial charge in [-0.1, -0.05) is 24.3 Å². The molecule has 93 valence electrons. The molecule has 7 heteroatoms. The second-order valence-corrected chi connectivity index (χ2v) is 5.03. The van der Waals surface area contributed by atoms with Crippen molar-refractivity contribution in [2.45, 2.75) is 4.90 Å². The molecule has 0 aliphatic rings. The van der Waals surface area contributed by atoms with Gasteiger partial charge in [-0.25, -0.2) is 0 Å². The van der Waals surface area contributed by atoms with Gasteiger partial charge in [0.15, 0.2) is 5.75 Å². The third-order valence-electron chi connectivity index (χ3n) is 2.50. The first-order valence-corrected chi connectivity index (χ1v) is 6.26. The van der Waals surface area contributed by atoms with Crippen LogP contribution in [0, 0.1) is 0 Å². The molecule has 0 bridgehead atoms. The van der Waals surface area contributed by atoms with Gasteiger partial charge < -0.3 is 5.73 Å². The van der Waals surface area contributed by atoms with Crippen molar-refractivity contribution in [1.82, 2.24) is 0 Å². The van der Waals surface area contributed by atoms with Crippen LogP contribution >= 0.6 is 0 Å². The molecule has 0 spiro atoms. The summed E-state index contributed by atoms with van der Waals surface area (Å²) in [5.74, 6) is -1.71. The van der Waals surface area contributed by atoms with Gasteiger partial charge in [-0.3, -0.25) is 14.5 Å². The highest BCUT2D eigenvalue weighted by molar-refractivity contribution is 7.86. The number of carbonyl (C=O) groups is 1. The molecule has 0 saturated heterocycles. The second-order valence-electron chi connectivity index (χ2n) is 3.64. The van der Waals surface area contributed by atoms with Gasteiger partial charge in [0.1, 0.15) is 4.90 Å². The molecular formula is C11H8NO5S. The van der Waals surface area contributed by atoms with Crippen LogP contribution in [0.5, 0.6) is 5.75 Å². The van der Waals surface area contributed by atoms with Crippen molar-refractivity contribution >= 4 is 26.8 Å². The third-order valence-corrected chi connectivity index (χ3v) is 3.39. The highest BCUT2D eigenvalue weighted by atomic mass is 32.2. The molecule has 2 aromatic carbocycles. The maximum Gasteiger partial charge on any atom is 0.295 e. The molecule has 1 radical (unpaired) electrons. The van der Waals surface area contributed by atoms with E-state index in [1.807, 2.05) is 0 Å². The summed E-state index contributed by atoms with van der Waals surface area (Å²) in [6.45, 7) is 0. The molecule has 3 N–H and O–H groups in total. The SMILES string of the molecule is NC(=O)c1cc(S(=O)(=O)O)c2ccccc2c1[O]. The molecule has 0 fully saturated rings. The highest BCUT2D eigenvalue weighted by Crippen LogP contribution is 2.34. The van der Waals surface area contributed by atoms with E-state index in [0.29, 0.717) is 0 Å². The average Bonchev–Trinajstić information content (AvgIpc) is 2.27. The summed E-state index contributed by atoms with van der Waals surface area (Å²) >= 11 is 0. The number of carbonyl (C=O) groups excluding carboxylic acids is 1. The zero-order chi connectivity index (χ0) is 13.5. The average molecular weight is 266 g/mol. The fourth-order valence-corrected chi connectivity index (χ4v) is 2.43. The van der Waals surface area contributed by atoms with Crippen LogP contribution in [0.1, 0.15) is 10.4 Å². The summed E-state index contributed by atoms with van der Waals surface area (Å²) in [6.07, 6.45) is 0. The number of hydrogen-bond acceptors (Lipinski definition) is 3. The van der Waals surface area contributed by atoms with Crippen LogP contribution in [0.15, 0.2) is 35.2 Å². The number of rotatable bonds is 2. The normalized spacial score (nSPS) is 11.6. The Morgan fingerprint density at radius 1 is 1.17 bits per heavy atom. The molecule has 2 aromatic rings. The van der Waals surface area contributed by atoms with E-state index in [1.54, 1.807) is 0 Å². The third kappa shape index (κ3) is 1.89. The summed E-state index contributed by atoms with van der Waals surface area (Å²) in [7, 11) is -4.55. The van der Waals surface area contributed by atoms with Gasteiger partial charge in [0, 0.05) is 10.8 Å². The lowest BCUT2D eigenvalue weighted by Gasteiger charge is -2.07. The Bertz CT molecular complexity index is 751. The smallest absolute Gasteiger partial charge is 0.295 e. The molecule has 2 rings (SSSR count). The lowest BCUT2D eigenvalue weighted by molar-refractivity contribution is 0.0996. The van der Waals surface area contributed by atoms with Crippen LogP contribution < -0.4 is 5.73 Å². The zero-order valence-corrected chi connectivity index (χ0v) is 9.77. The lowest BCUT2D eigenvalue weighted by atomic mass is 10.0. The van der Waals surface area contributed by atoms with Crippen LogP contribution in [0.25, 0.3) is 10.8 Å². The number of primary amides is 1. The van der Waals surface area contributed by atoms with Crippen molar-refractivity contribution in [3.8, 4) is 5.75 Å². The van der Waals surface area contributed by atoms with Crippen LogP contribution in [-0.4, -0.2) is 18.9 Å². The van der Waals surface area contributed by atoms with Gasteiger partial charge in [-0.05, 0) is 6.07 Å². The summed E-state index contributed by atoms with van der Waals surface area (Å²) in [5, 5.41) is 11.9. The van der Waals surface area contributed by atoms with Gasteiger partial charge in [-0.2, -0.15) is 8.42 Å². The first kappa shape index (κ1) is 12.3. The van der Waals surface area contributed by atoms with Crippen LogP contribution in [0.2, 0.25) is 0 Å². The summed E-state index contributed by atoms with van der Waals surface area (Å²) in [5.41, 5.74) is 4.53. The minimum absolute atomic E-state index is 0.0152. The molecule has 0 heterocycles. The summed E-state index contributed by atoms with van der Waals surface area (Å²) in [6, 6.07) is 6.55. The minimum atomic E-state index is -4.55. The van der Waals surface area contributed by atoms with E-state index >= 15 is 0 Å². The van der Waals surface area contributed by atoms with Gasteiger partial charge in [0.05, 0.1) is 5.56 Å². The Kier molecular flexibility index (Phi) is 2.72.